The van der Waals surface area contributed by atoms with Crippen LogP contribution in [0, 0.1) is 0 Å². The summed E-state index contributed by atoms with van der Waals surface area (Å²) in [5.74, 6) is -0.0993. The largest absolute Gasteiger partial charge is 0.466 e. The molecule has 0 unspecified atom stereocenters. The predicted molar refractivity (Wildman–Crippen MR) is 85.5 cm³/mol. The molecule has 0 aliphatic heterocycles. The molecule has 1 amide bonds. The summed E-state index contributed by atoms with van der Waals surface area (Å²) in [5, 5.41) is 3.32. The fourth-order valence-corrected chi connectivity index (χ4v) is 2.61. The Morgan fingerprint density at radius 1 is 1.43 bits per heavy atom. The molecule has 0 heterocycles. The first-order valence-electron chi connectivity index (χ1n) is 6.63. The fourth-order valence-electron chi connectivity index (χ4n) is 1.52. The minimum atomic E-state index is -0.243. The highest BCUT2D eigenvalue weighted by Crippen LogP contribution is 2.28. The molecule has 0 aliphatic carbocycles. The summed E-state index contributed by atoms with van der Waals surface area (Å²) in [6, 6.07) is 5.15. The van der Waals surface area contributed by atoms with Gasteiger partial charge in [-0.2, -0.15) is 0 Å². The zero-order valence-electron chi connectivity index (χ0n) is 11.9. The van der Waals surface area contributed by atoms with Gasteiger partial charge in [0.25, 0.3) is 0 Å². The van der Waals surface area contributed by atoms with E-state index in [9.17, 15) is 9.59 Å². The summed E-state index contributed by atoms with van der Waals surface area (Å²) in [6.07, 6.45) is 0.872. The molecule has 1 aromatic carbocycles. The first-order chi connectivity index (χ1) is 10.0. The minimum Gasteiger partial charge on any atom is -0.466 e. The number of hydrogen-bond donors (Lipinski definition) is 2. The number of ether oxygens (including phenoxy) is 1. The Bertz CT molecular complexity index is 497. The number of thioether (sulfide) groups is 1. The van der Waals surface area contributed by atoms with Gasteiger partial charge in [-0.1, -0.05) is 11.6 Å². The van der Waals surface area contributed by atoms with Crippen LogP contribution in [0.5, 0.6) is 0 Å². The summed E-state index contributed by atoms with van der Waals surface area (Å²) in [6.45, 7) is 2.59. The smallest absolute Gasteiger partial charge is 0.305 e. The molecule has 0 fully saturated rings. The van der Waals surface area contributed by atoms with Gasteiger partial charge in [-0.25, -0.2) is 0 Å². The van der Waals surface area contributed by atoms with Crippen molar-refractivity contribution < 1.29 is 14.3 Å². The predicted octanol–water partition coefficient (Wildman–Crippen LogP) is 2.47. The average molecular weight is 331 g/mol. The van der Waals surface area contributed by atoms with E-state index >= 15 is 0 Å². The lowest BCUT2D eigenvalue weighted by atomic mass is 10.3. The Morgan fingerprint density at radius 2 is 2.19 bits per heavy atom. The second kappa shape index (κ2) is 9.52. The van der Waals surface area contributed by atoms with Crippen LogP contribution in [0.25, 0.3) is 0 Å². The van der Waals surface area contributed by atoms with Crippen molar-refractivity contribution in [1.29, 1.82) is 0 Å². The summed E-state index contributed by atoms with van der Waals surface area (Å²) < 4.78 is 4.80. The van der Waals surface area contributed by atoms with Gasteiger partial charge in [0.1, 0.15) is 0 Å². The van der Waals surface area contributed by atoms with E-state index in [0.717, 1.165) is 4.90 Å². The highest BCUT2D eigenvalue weighted by atomic mass is 35.5. The standard InChI is InChI=1S/C14H19ClN2O3S/c1-2-20-14(19)4-3-7-17-13(18)9-21-12-8-10(16)5-6-11(12)15/h5-6,8H,2-4,7,9,16H2,1H3,(H,17,18). The normalized spacial score (nSPS) is 10.2. The van der Waals surface area contributed by atoms with Gasteiger partial charge in [0.05, 0.1) is 17.4 Å². The Morgan fingerprint density at radius 3 is 2.90 bits per heavy atom. The maximum absolute atomic E-state index is 11.7. The molecule has 0 aromatic heterocycles. The number of anilines is 1. The minimum absolute atomic E-state index is 0.109. The van der Waals surface area contributed by atoms with Gasteiger partial charge in [0, 0.05) is 23.5 Å². The number of carbonyl (C=O) groups is 2. The van der Waals surface area contributed by atoms with Gasteiger partial charge >= 0.3 is 5.97 Å². The molecule has 21 heavy (non-hydrogen) atoms. The van der Waals surface area contributed by atoms with E-state index in [-0.39, 0.29) is 17.6 Å². The van der Waals surface area contributed by atoms with E-state index in [1.165, 1.54) is 11.8 Å². The van der Waals surface area contributed by atoms with Crippen molar-refractivity contribution in [3.8, 4) is 0 Å². The Balaban J connectivity index is 2.22. The highest BCUT2D eigenvalue weighted by Gasteiger charge is 2.07. The van der Waals surface area contributed by atoms with Crippen LogP contribution >= 0.6 is 23.4 Å². The van der Waals surface area contributed by atoms with Crippen LogP contribution in [0.4, 0.5) is 5.69 Å². The monoisotopic (exact) mass is 330 g/mol. The SMILES string of the molecule is CCOC(=O)CCCNC(=O)CSc1cc(N)ccc1Cl. The number of nitrogens with one attached hydrogen (secondary N) is 1. The lowest BCUT2D eigenvalue weighted by molar-refractivity contribution is -0.143. The number of halogens is 1. The Hall–Kier alpha value is -1.40. The summed E-state index contributed by atoms with van der Waals surface area (Å²) in [5.41, 5.74) is 6.28. The summed E-state index contributed by atoms with van der Waals surface area (Å²) in [7, 11) is 0. The summed E-state index contributed by atoms with van der Waals surface area (Å²) in [4.78, 5) is 23.5. The van der Waals surface area contributed by atoms with Crippen LogP contribution in [0.3, 0.4) is 0 Å². The van der Waals surface area contributed by atoms with Crippen LogP contribution in [-0.4, -0.2) is 30.8 Å². The van der Waals surface area contributed by atoms with Gasteiger partial charge in [0.2, 0.25) is 5.91 Å². The molecule has 7 heteroatoms. The quantitative estimate of drug-likeness (QED) is 0.331. The zero-order chi connectivity index (χ0) is 15.7. The van der Waals surface area contributed by atoms with Crippen LogP contribution < -0.4 is 11.1 Å². The van der Waals surface area contributed by atoms with Crippen LogP contribution in [0.1, 0.15) is 19.8 Å². The van der Waals surface area contributed by atoms with E-state index in [1.807, 2.05) is 0 Å². The molecule has 1 rings (SSSR count). The number of amides is 1. The Labute approximate surface area is 133 Å². The molecule has 0 saturated heterocycles. The molecule has 3 N–H and O–H groups in total. The third-order valence-corrected chi connectivity index (χ3v) is 4.00. The van der Waals surface area contributed by atoms with Crippen LogP contribution in [-0.2, 0) is 14.3 Å². The average Bonchev–Trinajstić information content (AvgIpc) is 2.45. The number of nitrogens with two attached hydrogens (primary N) is 1. The lowest BCUT2D eigenvalue weighted by Gasteiger charge is -2.07. The summed E-state index contributed by atoms with van der Waals surface area (Å²) >= 11 is 7.34. The molecular weight excluding hydrogens is 312 g/mol. The van der Waals surface area contributed by atoms with Crippen molar-refractivity contribution in [3.05, 3.63) is 23.2 Å². The molecule has 0 radical (unpaired) electrons. The van der Waals surface area contributed by atoms with Crippen LogP contribution in [0.2, 0.25) is 5.02 Å². The molecule has 0 spiro atoms. The van der Waals surface area contributed by atoms with Gasteiger partial charge in [-0.3, -0.25) is 9.59 Å². The van der Waals surface area contributed by atoms with E-state index in [1.54, 1.807) is 25.1 Å². The maximum atomic E-state index is 11.7. The van der Waals surface area contributed by atoms with E-state index in [4.69, 9.17) is 22.1 Å². The molecule has 0 atom stereocenters. The number of nitrogen functional groups attached to an aromatic ring is 1. The number of esters is 1. The van der Waals surface area contributed by atoms with E-state index < -0.39 is 0 Å². The maximum Gasteiger partial charge on any atom is 0.305 e. The van der Waals surface area contributed by atoms with E-state index in [0.29, 0.717) is 36.7 Å². The van der Waals surface area contributed by atoms with Crippen molar-refractivity contribution in [2.75, 3.05) is 24.6 Å². The van der Waals surface area contributed by atoms with Crippen molar-refractivity contribution in [1.82, 2.24) is 5.32 Å². The van der Waals surface area contributed by atoms with Gasteiger partial charge in [-0.05, 0) is 31.5 Å². The molecule has 0 aliphatic rings. The Kier molecular flexibility index (Phi) is 8.00. The third kappa shape index (κ3) is 7.24. The molecule has 0 saturated carbocycles. The first kappa shape index (κ1) is 17.7. The van der Waals surface area contributed by atoms with Gasteiger partial charge < -0.3 is 15.8 Å². The van der Waals surface area contributed by atoms with Crippen molar-refractivity contribution in [2.45, 2.75) is 24.7 Å². The second-order valence-electron chi connectivity index (χ2n) is 4.24. The number of carbonyl (C=O) groups excluding carboxylic acids is 2. The van der Waals surface area contributed by atoms with Crippen LogP contribution in [0.15, 0.2) is 23.1 Å². The number of hydrogen-bond acceptors (Lipinski definition) is 5. The molecular formula is C14H19ClN2O3S. The molecule has 0 bridgehead atoms. The molecule has 1 aromatic rings. The first-order valence-corrected chi connectivity index (χ1v) is 7.99. The molecule has 5 nitrogen and oxygen atoms in total. The fraction of sp³-hybridized carbons (Fsp3) is 0.429. The van der Waals surface area contributed by atoms with Gasteiger partial charge in [-0.15, -0.1) is 11.8 Å². The third-order valence-electron chi connectivity index (χ3n) is 2.50. The highest BCUT2D eigenvalue weighted by molar-refractivity contribution is 8.00. The zero-order valence-corrected chi connectivity index (χ0v) is 13.4. The van der Waals surface area contributed by atoms with Crippen molar-refractivity contribution >= 4 is 40.9 Å². The van der Waals surface area contributed by atoms with E-state index in [2.05, 4.69) is 5.32 Å². The second-order valence-corrected chi connectivity index (χ2v) is 5.66. The number of rotatable bonds is 8. The van der Waals surface area contributed by atoms with Crippen molar-refractivity contribution in [3.63, 3.8) is 0 Å². The topological polar surface area (TPSA) is 81.4 Å². The van der Waals surface area contributed by atoms with Gasteiger partial charge in [0.15, 0.2) is 0 Å². The lowest BCUT2D eigenvalue weighted by Crippen LogP contribution is -2.26. The number of benzene rings is 1. The van der Waals surface area contributed by atoms with Crippen molar-refractivity contribution in [2.24, 2.45) is 0 Å². The molecule has 116 valence electrons.